The molecule has 1 aromatic carbocycles. The van der Waals surface area contributed by atoms with Crippen LogP contribution < -0.4 is 10.1 Å². The van der Waals surface area contributed by atoms with Gasteiger partial charge in [0.2, 0.25) is 11.8 Å². The lowest BCUT2D eigenvalue weighted by atomic mass is 9.90. The summed E-state index contributed by atoms with van der Waals surface area (Å²) in [5.74, 6) is 0.0328. The monoisotopic (exact) mass is 313 g/mol. The van der Waals surface area contributed by atoms with Gasteiger partial charge >= 0.3 is 0 Å². The molecule has 0 radical (unpaired) electrons. The van der Waals surface area contributed by atoms with E-state index in [2.05, 4.69) is 5.32 Å². The molecule has 1 N–H and O–H groups in total. The van der Waals surface area contributed by atoms with E-state index >= 15 is 0 Å². The van der Waals surface area contributed by atoms with Crippen LogP contribution in [0, 0.1) is 0 Å². The van der Waals surface area contributed by atoms with Gasteiger partial charge in [-0.3, -0.25) is 14.9 Å². The highest BCUT2D eigenvalue weighted by atomic mass is 16.5. The lowest BCUT2D eigenvalue weighted by molar-refractivity contribution is -0.134. The molecule has 2 aromatic rings. The fraction of sp³-hybridized carbons (Fsp3) is 0.444. The number of benzene rings is 1. The predicted molar refractivity (Wildman–Crippen MR) is 84.2 cm³/mol. The Balaban J connectivity index is 1.64. The first-order valence-electron chi connectivity index (χ1n) is 8.22. The van der Waals surface area contributed by atoms with E-state index in [1.807, 2.05) is 18.2 Å². The summed E-state index contributed by atoms with van der Waals surface area (Å²) in [6.45, 7) is 0. The molecule has 1 aromatic heterocycles. The van der Waals surface area contributed by atoms with Crippen molar-refractivity contribution in [2.45, 2.75) is 50.5 Å². The first-order valence-corrected chi connectivity index (χ1v) is 8.22. The van der Waals surface area contributed by atoms with Gasteiger partial charge < -0.3 is 9.15 Å². The number of hydrogen-bond acceptors (Lipinski definition) is 4. The van der Waals surface area contributed by atoms with Crippen molar-refractivity contribution in [1.82, 2.24) is 5.32 Å². The second-order valence-electron chi connectivity index (χ2n) is 6.38. The van der Waals surface area contributed by atoms with E-state index in [-0.39, 0.29) is 17.7 Å². The van der Waals surface area contributed by atoms with Crippen molar-refractivity contribution in [2.24, 2.45) is 0 Å². The first-order chi connectivity index (χ1) is 11.2. The fourth-order valence-electron chi connectivity index (χ4n) is 3.56. The van der Waals surface area contributed by atoms with Crippen molar-refractivity contribution in [1.29, 1.82) is 0 Å². The molecule has 1 saturated heterocycles. The number of carbonyl (C=O) groups excluding carboxylic acids is 2. The molecule has 1 saturated carbocycles. The zero-order valence-electron chi connectivity index (χ0n) is 12.8. The third-order valence-corrected chi connectivity index (χ3v) is 4.79. The van der Waals surface area contributed by atoms with Crippen LogP contribution >= 0.6 is 0 Å². The topological polar surface area (TPSA) is 68.5 Å². The van der Waals surface area contributed by atoms with E-state index in [9.17, 15) is 9.59 Å². The Morgan fingerprint density at radius 1 is 1.13 bits per heavy atom. The van der Waals surface area contributed by atoms with Gasteiger partial charge in [0, 0.05) is 17.4 Å². The number of furan rings is 1. The molecule has 4 rings (SSSR count). The van der Waals surface area contributed by atoms with Crippen molar-refractivity contribution in [3.8, 4) is 5.75 Å². The van der Waals surface area contributed by atoms with Gasteiger partial charge in [0.05, 0.1) is 18.3 Å². The lowest BCUT2D eigenvalue weighted by Gasteiger charge is -2.20. The van der Waals surface area contributed by atoms with Gasteiger partial charge in [0.15, 0.2) is 0 Å². The number of fused-ring (bicyclic) bond motifs is 1. The summed E-state index contributed by atoms with van der Waals surface area (Å²) in [6.07, 6.45) is 7.45. The zero-order valence-corrected chi connectivity index (χ0v) is 12.8. The number of carbonyl (C=O) groups is 2. The average molecular weight is 313 g/mol. The molecule has 5 nitrogen and oxygen atoms in total. The highest BCUT2D eigenvalue weighted by molar-refractivity contribution is 6.02. The summed E-state index contributed by atoms with van der Waals surface area (Å²) in [7, 11) is 0. The van der Waals surface area contributed by atoms with Crippen LogP contribution in [0.5, 0.6) is 5.75 Å². The maximum atomic E-state index is 12.1. The van der Waals surface area contributed by atoms with E-state index in [0.29, 0.717) is 18.9 Å². The number of imide groups is 1. The van der Waals surface area contributed by atoms with Gasteiger partial charge in [0.25, 0.3) is 0 Å². The molecule has 0 bridgehead atoms. The largest absolute Gasteiger partial charge is 0.490 e. The molecule has 23 heavy (non-hydrogen) atoms. The molecule has 2 heterocycles. The van der Waals surface area contributed by atoms with Crippen molar-refractivity contribution >= 4 is 22.8 Å². The van der Waals surface area contributed by atoms with Gasteiger partial charge in [-0.1, -0.05) is 0 Å². The Labute approximate surface area is 134 Å². The fourth-order valence-corrected chi connectivity index (χ4v) is 3.56. The highest BCUT2D eigenvalue weighted by Gasteiger charge is 2.30. The van der Waals surface area contributed by atoms with Crippen molar-refractivity contribution in [3.63, 3.8) is 0 Å². The zero-order chi connectivity index (χ0) is 15.8. The predicted octanol–water partition coefficient (Wildman–Crippen LogP) is 3.27. The Bertz CT molecular complexity index is 757. The molecule has 1 atom stereocenters. The van der Waals surface area contributed by atoms with E-state index in [4.69, 9.17) is 9.15 Å². The van der Waals surface area contributed by atoms with Crippen LogP contribution in [0.3, 0.4) is 0 Å². The van der Waals surface area contributed by atoms with Gasteiger partial charge in [-0.05, 0) is 50.3 Å². The summed E-state index contributed by atoms with van der Waals surface area (Å²) >= 11 is 0. The van der Waals surface area contributed by atoms with Crippen molar-refractivity contribution < 1.29 is 18.7 Å². The normalized spacial score (nSPS) is 22.5. The number of hydrogen-bond donors (Lipinski definition) is 1. The van der Waals surface area contributed by atoms with Gasteiger partial charge in [-0.25, -0.2) is 0 Å². The van der Waals surface area contributed by atoms with E-state index in [0.717, 1.165) is 35.1 Å². The molecule has 2 amide bonds. The van der Waals surface area contributed by atoms with Crippen molar-refractivity contribution in [2.75, 3.05) is 0 Å². The third-order valence-electron chi connectivity index (χ3n) is 4.79. The smallest absolute Gasteiger partial charge is 0.234 e. The summed E-state index contributed by atoms with van der Waals surface area (Å²) in [5, 5.41) is 3.30. The molecule has 1 aliphatic heterocycles. The first kappa shape index (κ1) is 14.3. The molecule has 1 unspecified atom stereocenters. The number of piperidine rings is 1. The quantitative estimate of drug-likeness (QED) is 0.883. The summed E-state index contributed by atoms with van der Waals surface area (Å²) in [6, 6.07) is 5.75. The molecular formula is C18H19NO4. The molecule has 2 aliphatic rings. The molecular weight excluding hydrogens is 294 g/mol. The van der Waals surface area contributed by atoms with Crippen LogP contribution in [0.2, 0.25) is 0 Å². The maximum absolute atomic E-state index is 12.1. The summed E-state index contributed by atoms with van der Waals surface area (Å²) in [4.78, 5) is 23.4. The maximum Gasteiger partial charge on any atom is 0.234 e. The van der Waals surface area contributed by atoms with Crippen molar-refractivity contribution in [3.05, 3.63) is 30.0 Å². The second-order valence-corrected chi connectivity index (χ2v) is 6.38. The Morgan fingerprint density at radius 3 is 2.74 bits per heavy atom. The minimum Gasteiger partial charge on any atom is -0.490 e. The standard InChI is InChI=1S/C18H19NO4/c20-17-8-6-13(18(21)19-17)15-10-22-16-7-5-12(9-14(15)16)23-11-3-1-2-4-11/h5,7,9-11,13H,1-4,6,8H2,(H,19,20,21). The summed E-state index contributed by atoms with van der Waals surface area (Å²) < 4.78 is 11.6. The van der Waals surface area contributed by atoms with Crippen LogP contribution in [0.1, 0.15) is 50.0 Å². The number of amides is 2. The van der Waals surface area contributed by atoms with Crippen LogP contribution in [-0.2, 0) is 9.59 Å². The molecule has 2 fully saturated rings. The molecule has 0 spiro atoms. The second kappa shape index (κ2) is 5.72. The van der Waals surface area contributed by atoms with Crippen LogP contribution in [-0.4, -0.2) is 17.9 Å². The highest BCUT2D eigenvalue weighted by Crippen LogP contribution is 2.35. The molecule has 120 valence electrons. The molecule has 1 aliphatic carbocycles. The van der Waals surface area contributed by atoms with Gasteiger partial charge in [-0.15, -0.1) is 0 Å². The van der Waals surface area contributed by atoms with Crippen LogP contribution in [0.15, 0.2) is 28.9 Å². The number of rotatable bonds is 3. The Hall–Kier alpha value is -2.30. The minimum absolute atomic E-state index is 0.204. The van der Waals surface area contributed by atoms with Crippen LogP contribution in [0.25, 0.3) is 11.0 Å². The number of ether oxygens (including phenoxy) is 1. The Morgan fingerprint density at radius 2 is 1.96 bits per heavy atom. The van der Waals surface area contributed by atoms with Crippen LogP contribution in [0.4, 0.5) is 0 Å². The number of nitrogens with one attached hydrogen (secondary N) is 1. The van der Waals surface area contributed by atoms with E-state index in [1.54, 1.807) is 6.26 Å². The third kappa shape index (κ3) is 2.71. The SMILES string of the molecule is O=C1CCC(c2coc3ccc(OC4CCCC4)cc23)C(=O)N1. The summed E-state index contributed by atoms with van der Waals surface area (Å²) in [5.41, 5.74) is 1.57. The van der Waals surface area contributed by atoms with Gasteiger partial charge in [-0.2, -0.15) is 0 Å². The van der Waals surface area contributed by atoms with E-state index < -0.39 is 0 Å². The Kier molecular flexibility index (Phi) is 3.56. The van der Waals surface area contributed by atoms with Gasteiger partial charge in [0.1, 0.15) is 11.3 Å². The minimum atomic E-state index is -0.337. The lowest BCUT2D eigenvalue weighted by Crippen LogP contribution is -2.39. The molecule has 5 heteroatoms. The van der Waals surface area contributed by atoms with E-state index in [1.165, 1.54) is 12.8 Å². The average Bonchev–Trinajstić information content (AvgIpc) is 3.17.